The molecule has 0 radical (unpaired) electrons. The quantitative estimate of drug-likeness (QED) is 0.772. The maximum absolute atomic E-state index is 11.2. The monoisotopic (exact) mass is 318 g/mol. The van der Waals surface area contributed by atoms with E-state index in [2.05, 4.69) is 4.98 Å². The highest BCUT2D eigenvalue weighted by atomic mass is 35.5. The number of rotatable bonds is 4. The van der Waals surface area contributed by atoms with Crippen LogP contribution < -0.4 is 4.74 Å². The number of hydrogen-bond acceptors (Lipinski definition) is 4. The number of fused-ring (bicyclic) bond motifs is 1. The normalized spacial score (nSPS) is 10.8. The molecule has 2 heterocycles. The molecule has 2 aromatic heterocycles. The van der Waals surface area contributed by atoms with Crippen molar-refractivity contribution >= 4 is 23.1 Å². The number of carboxylic acid groups (broad SMARTS) is 1. The molecule has 3 rings (SSSR count). The maximum Gasteiger partial charge on any atom is 0.356 e. The molecule has 0 aliphatic heterocycles. The van der Waals surface area contributed by atoms with Gasteiger partial charge in [0.05, 0.1) is 0 Å². The number of imidazole rings is 1. The first-order chi connectivity index (χ1) is 10.6. The van der Waals surface area contributed by atoms with E-state index in [4.69, 9.17) is 16.3 Å². The van der Waals surface area contributed by atoms with Crippen molar-refractivity contribution in [3.05, 3.63) is 59.1 Å². The van der Waals surface area contributed by atoms with Crippen molar-refractivity contribution in [2.45, 2.75) is 6.61 Å². The fourth-order valence-corrected chi connectivity index (χ4v) is 2.24. The molecule has 6 nitrogen and oxygen atoms in total. The Morgan fingerprint density at radius 2 is 2.00 bits per heavy atom. The predicted molar refractivity (Wildman–Crippen MR) is 79.6 cm³/mol. The lowest BCUT2D eigenvalue weighted by Crippen LogP contribution is -2.01. The second-order valence-electron chi connectivity index (χ2n) is 4.54. The Bertz CT molecular complexity index is 843. The fourth-order valence-electron chi connectivity index (χ4n) is 2.11. The summed E-state index contributed by atoms with van der Waals surface area (Å²) in [5, 5.41) is 19.6. The van der Waals surface area contributed by atoms with Gasteiger partial charge in [-0.3, -0.25) is 4.40 Å². The van der Waals surface area contributed by atoms with E-state index < -0.39 is 5.97 Å². The summed E-state index contributed by atoms with van der Waals surface area (Å²) < 4.78 is 7.07. The molecule has 2 N–H and O–H groups in total. The van der Waals surface area contributed by atoms with Gasteiger partial charge in [0.2, 0.25) is 0 Å². The Kier molecular flexibility index (Phi) is 3.60. The summed E-state index contributed by atoms with van der Waals surface area (Å²) >= 11 is 5.80. The number of benzene rings is 1. The lowest BCUT2D eigenvalue weighted by Gasteiger charge is -2.05. The van der Waals surface area contributed by atoms with Crippen LogP contribution in [0.3, 0.4) is 0 Å². The minimum absolute atomic E-state index is 0.0551. The molecule has 0 aliphatic rings. The van der Waals surface area contributed by atoms with Crippen molar-refractivity contribution in [1.82, 2.24) is 9.38 Å². The summed E-state index contributed by atoms with van der Waals surface area (Å²) in [6.07, 6.45) is 1.62. The number of nitrogens with zero attached hydrogens (tertiary/aromatic N) is 2. The molecule has 0 aliphatic carbocycles. The van der Waals surface area contributed by atoms with E-state index in [1.54, 1.807) is 36.5 Å². The Labute approximate surface area is 130 Å². The van der Waals surface area contributed by atoms with Crippen LogP contribution in [0.5, 0.6) is 11.5 Å². The van der Waals surface area contributed by atoms with Gasteiger partial charge in [-0.05, 0) is 36.4 Å². The summed E-state index contributed by atoms with van der Waals surface area (Å²) in [5.41, 5.74) is -0.0717. The number of aromatic hydroxyl groups is 1. The molecule has 0 saturated carbocycles. The molecule has 3 aromatic rings. The van der Waals surface area contributed by atoms with Crippen LogP contribution in [0.15, 0.2) is 42.6 Å². The van der Waals surface area contributed by atoms with E-state index in [-0.39, 0.29) is 23.6 Å². The van der Waals surface area contributed by atoms with Gasteiger partial charge in [-0.25, -0.2) is 9.78 Å². The standard InChI is InChI=1S/C15H11ClN2O4/c16-9-3-5-10(6-4-9)22-8-12-17-13(15(20)21)14-11(19)2-1-7-18(12)14/h1-7,19H,8H2,(H,20,21). The third-order valence-electron chi connectivity index (χ3n) is 3.10. The zero-order valence-corrected chi connectivity index (χ0v) is 12.0. The zero-order valence-electron chi connectivity index (χ0n) is 11.2. The van der Waals surface area contributed by atoms with Gasteiger partial charge in [0.25, 0.3) is 0 Å². The molecule has 1 aromatic carbocycles. The molecule has 0 unspecified atom stereocenters. The third-order valence-corrected chi connectivity index (χ3v) is 3.35. The zero-order chi connectivity index (χ0) is 15.7. The molecule has 0 saturated heterocycles. The van der Waals surface area contributed by atoms with Crippen LogP contribution in [-0.4, -0.2) is 25.6 Å². The summed E-state index contributed by atoms with van der Waals surface area (Å²) in [5.74, 6) is -0.404. The van der Waals surface area contributed by atoms with Gasteiger partial charge in [0.1, 0.15) is 23.6 Å². The van der Waals surface area contributed by atoms with Gasteiger partial charge in [-0.15, -0.1) is 0 Å². The summed E-state index contributed by atoms with van der Waals surface area (Å²) in [7, 11) is 0. The number of ether oxygens (including phenoxy) is 1. The molecule has 7 heteroatoms. The summed E-state index contributed by atoms with van der Waals surface area (Å²) in [6.45, 7) is 0.0551. The van der Waals surface area contributed by atoms with E-state index in [0.29, 0.717) is 16.6 Å². The third kappa shape index (κ3) is 2.56. The molecule has 112 valence electrons. The first-order valence-corrected chi connectivity index (χ1v) is 6.74. The SMILES string of the molecule is O=C(O)c1nc(COc2ccc(Cl)cc2)n2cccc(O)c12. The largest absolute Gasteiger partial charge is 0.506 e. The molecule has 0 bridgehead atoms. The van der Waals surface area contributed by atoms with Crippen molar-refractivity contribution in [2.75, 3.05) is 0 Å². The Morgan fingerprint density at radius 3 is 2.68 bits per heavy atom. The second-order valence-corrected chi connectivity index (χ2v) is 4.97. The fraction of sp³-hybridized carbons (Fsp3) is 0.0667. The van der Waals surface area contributed by atoms with Crippen LogP contribution in [0.2, 0.25) is 5.02 Å². The second kappa shape index (κ2) is 5.57. The molecular weight excluding hydrogens is 308 g/mol. The Balaban J connectivity index is 1.95. The minimum Gasteiger partial charge on any atom is -0.506 e. The van der Waals surface area contributed by atoms with Crippen LogP contribution in [0, 0.1) is 0 Å². The van der Waals surface area contributed by atoms with E-state index in [1.165, 1.54) is 10.5 Å². The van der Waals surface area contributed by atoms with E-state index in [9.17, 15) is 15.0 Å². The van der Waals surface area contributed by atoms with Crippen molar-refractivity contribution < 1.29 is 19.7 Å². The van der Waals surface area contributed by atoms with Crippen LogP contribution in [-0.2, 0) is 6.61 Å². The lowest BCUT2D eigenvalue weighted by molar-refractivity contribution is 0.0692. The van der Waals surface area contributed by atoms with E-state index in [0.717, 1.165) is 0 Å². The van der Waals surface area contributed by atoms with Crippen LogP contribution in [0.25, 0.3) is 5.52 Å². The highest BCUT2D eigenvalue weighted by molar-refractivity contribution is 6.30. The number of carbonyl (C=O) groups is 1. The molecular formula is C15H11ClN2O4. The first kappa shape index (κ1) is 14.2. The number of pyridine rings is 1. The Hall–Kier alpha value is -2.73. The number of aromatic nitrogens is 2. The van der Waals surface area contributed by atoms with Crippen LogP contribution in [0.1, 0.15) is 16.3 Å². The average Bonchev–Trinajstić information content (AvgIpc) is 2.87. The van der Waals surface area contributed by atoms with Crippen LogP contribution >= 0.6 is 11.6 Å². The van der Waals surface area contributed by atoms with Gasteiger partial charge in [-0.1, -0.05) is 11.6 Å². The van der Waals surface area contributed by atoms with Gasteiger partial charge in [0, 0.05) is 11.2 Å². The molecule has 22 heavy (non-hydrogen) atoms. The van der Waals surface area contributed by atoms with Crippen LogP contribution in [0.4, 0.5) is 0 Å². The number of hydrogen-bond donors (Lipinski definition) is 2. The van der Waals surface area contributed by atoms with Crippen molar-refractivity contribution in [2.24, 2.45) is 0 Å². The first-order valence-electron chi connectivity index (χ1n) is 6.37. The van der Waals surface area contributed by atoms with Gasteiger partial charge in [0.15, 0.2) is 11.5 Å². The molecule has 0 fully saturated rings. The van der Waals surface area contributed by atoms with E-state index in [1.807, 2.05) is 0 Å². The number of halogens is 1. The topological polar surface area (TPSA) is 84.1 Å². The summed E-state index contributed by atoms with van der Waals surface area (Å²) in [4.78, 5) is 15.3. The summed E-state index contributed by atoms with van der Waals surface area (Å²) in [6, 6.07) is 9.79. The van der Waals surface area contributed by atoms with Gasteiger partial charge >= 0.3 is 5.97 Å². The van der Waals surface area contributed by atoms with Crippen molar-refractivity contribution in [3.8, 4) is 11.5 Å². The maximum atomic E-state index is 11.2. The highest BCUT2D eigenvalue weighted by Crippen LogP contribution is 2.24. The smallest absolute Gasteiger partial charge is 0.356 e. The Morgan fingerprint density at radius 1 is 1.27 bits per heavy atom. The van der Waals surface area contributed by atoms with E-state index >= 15 is 0 Å². The van der Waals surface area contributed by atoms with Gasteiger partial charge in [-0.2, -0.15) is 0 Å². The molecule has 0 atom stereocenters. The molecule has 0 amide bonds. The van der Waals surface area contributed by atoms with Gasteiger partial charge < -0.3 is 14.9 Å². The number of aromatic carboxylic acids is 1. The lowest BCUT2D eigenvalue weighted by atomic mass is 10.3. The van der Waals surface area contributed by atoms with Crippen molar-refractivity contribution in [3.63, 3.8) is 0 Å². The minimum atomic E-state index is -1.21. The van der Waals surface area contributed by atoms with Crippen molar-refractivity contribution in [1.29, 1.82) is 0 Å². The predicted octanol–water partition coefficient (Wildman–Crippen LogP) is 2.97. The number of carboxylic acids is 1. The molecule has 0 spiro atoms. The average molecular weight is 319 g/mol. The highest BCUT2D eigenvalue weighted by Gasteiger charge is 2.19.